The molecule has 4 heterocycles. The van der Waals surface area contributed by atoms with Gasteiger partial charge in [0, 0.05) is 36.4 Å². The zero-order valence-electron chi connectivity index (χ0n) is 20.2. The number of hydrogen-bond acceptors (Lipinski definition) is 5. The Morgan fingerprint density at radius 1 is 1.23 bits per heavy atom. The van der Waals surface area contributed by atoms with E-state index in [0.29, 0.717) is 5.56 Å². The van der Waals surface area contributed by atoms with Gasteiger partial charge >= 0.3 is 5.97 Å². The summed E-state index contributed by atoms with van der Waals surface area (Å²) in [5, 5.41) is 4.27. The third-order valence-corrected chi connectivity index (χ3v) is 7.31. The largest absolute Gasteiger partial charge is 0.465 e. The molecule has 8 heteroatoms. The molecule has 0 radical (unpaired) electrons. The average molecular weight is 491 g/mol. The standard InChI is InChI=1S/C27H30N4O3S/c1-17-15-22(18(2)31(17)20-11-9-19(10-12-20)26(32)33-3)25-24(23-8-4-5-13-28-23)29-27(35)30(25)16-21-7-6-14-34-21/h4-5,8-13,15,21,24-25H,6-7,14,16H2,1-3H3,(H,29,35)/t21-,24-,25-/m1/s1. The van der Waals surface area contributed by atoms with Crippen molar-refractivity contribution in [2.45, 2.75) is 44.9 Å². The number of thiocarbonyl (C=S) groups is 1. The SMILES string of the molecule is COC(=O)c1ccc(-n2c(C)cc([C@@H]3[C@@H](c4ccccn4)NC(=S)N3C[C@H]3CCCO3)c2C)cc1. The van der Waals surface area contributed by atoms with Crippen LogP contribution in [-0.2, 0) is 9.47 Å². The molecule has 1 aromatic carbocycles. The maximum Gasteiger partial charge on any atom is 0.337 e. The summed E-state index contributed by atoms with van der Waals surface area (Å²) in [7, 11) is 1.39. The van der Waals surface area contributed by atoms with Crippen LogP contribution in [0.2, 0.25) is 0 Å². The predicted molar refractivity (Wildman–Crippen MR) is 138 cm³/mol. The number of rotatable bonds is 6. The van der Waals surface area contributed by atoms with E-state index in [2.05, 4.69) is 39.7 Å². The Balaban J connectivity index is 1.55. The normalized spacial score (nSPS) is 21.9. The van der Waals surface area contributed by atoms with Crippen molar-refractivity contribution in [2.24, 2.45) is 0 Å². The molecule has 182 valence electrons. The zero-order chi connectivity index (χ0) is 24.5. The highest BCUT2D eigenvalue weighted by molar-refractivity contribution is 7.80. The summed E-state index contributed by atoms with van der Waals surface area (Å²) in [6.45, 7) is 5.80. The number of methoxy groups -OCH3 is 1. The van der Waals surface area contributed by atoms with Crippen molar-refractivity contribution < 1.29 is 14.3 Å². The highest BCUT2D eigenvalue weighted by Crippen LogP contribution is 2.42. The van der Waals surface area contributed by atoms with Crippen molar-refractivity contribution in [1.82, 2.24) is 19.8 Å². The van der Waals surface area contributed by atoms with Crippen LogP contribution in [0.5, 0.6) is 0 Å². The lowest BCUT2D eigenvalue weighted by Crippen LogP contribution is -2.36. The molecule has 2 aromatic heterocycles. The smallest absolute Gasteiger partial charge is 0.337 e. The molecule has 5 rings (SSSR count). The van der Waals surface area contributed by atoms with E-state index in [1.807, 2.05) is 36.5 Å². The van der Waals surface area contributed by atoms with Crippen molar-refractivity contribution in [3.8, 4) is 5.69 Å². The highest BCUT2D eigenvalue weighted by atomic mass is 32.1. The lowest BCUT2D eigenvalue weighted by molar-refractivity contribution is 0.0600. The molecule has 3 aromatic rings. The van der Waals surface area contributed by atoms with Crippen LogP contribution in [0.25, 0.3) is 5.69 Å². The number of benzene rings is 1. The predicted octanol–water partition coefficient (Wildman–Crippen LogP) is 4.43. The zero-order valence-corrected chi connectivity index (χ0v) is 21.0. The van der Waals surface area contributed by atoms with Crippen molar-refractivity contribution in [3.63, 3.8) is 0 Å². The number of esters is 1. The first kappa shape index (κ1) is 23.5. The molecule has 0 aliphatic carbocycles. The Morgan fingerprint density at radius 3 is 2.69 bits per heavy atom. The first-order valence-corrected chi connectivity index (χ1v) is 12.4. The first-order valence-electron chi connectivity index (χ1n) is 11.9. The second-order valence-corrected chi connectivity index (χ2v) is 9.50. The highest BCUT2D eigenvalue weighted by Gasteiger charge is 2.42. The number of pyridine rings is 1. The van der Waals surface area contributed by atoms with Gasteiger partial charge in [-0.3, -0.25) is 4.98 Å². The van der Waals surface area contributed by atoms with Crippen LogP contribution in [0, 0.1) is 13.8 Å². The van der Waals surface area contributed by atoms with Crippen LogP contribution in [0.4, 0.5) is 0 Å². The van der Waals surface area contributed by atoms with E-state index < -0.39 is 0 Å². The van der Waals surface area contributed by atoms with Gasteiger partial charge in [-0.1, -0.05) is 6.07 Å². The second kappa shape index (κ2) is 9.79. The average Bonchev–Trinajstić information content (AvgIpc) is 3.58. The van der Waals surface area contributed by atoms with Crippen molar-refractivity contribution in [1.29, 1.82) is 0 Å². The fourth-order valence-electron chi connectivity index (χ4n) is 5.30. The quantitative estimate of drug-likeness (QED) is 0.405. The summed E-state index contributed by atoms with van der Waals surface area (Å²) in [6.07, 6.45) is 4.13. The topological polar surface area (TPSA) is 68.6 Å². The third-order valence-electron chi connectivity index (χ3n) is 6.96. The van der Waals surface area contributed by atoms with Crippen molar-refractivity contribution in [2.75, 3.05) is 20.3 Å². The van der Waals surface area contributed by atoms with Gasteiger partial charge < -0.3 is 24.3 Å². The number of aromatic nitrogens is 2. The Hall–Kier alpha value is -3.23. The molecule has 0 unspecified atom stereocenters. The number of hydrogen-bond donors (Lipinski definition) is 1. The Morgan fingerprint density at radius 2 is 2.03 bits per heavy atom. The monoisotopic (exact) mass is 490 g/mol. The Labute approximate surface area is 211 Å². The minimum absolute atomic E-state index is 0.0177. The molecule has 0 amide bonds. The minimum atomic E-state index is -0.341. The minimum Gasteiger partial charge on any atom is -0.465 e. The van der Waals surface area contributed by atoms with E-state index in [-0.39, 0.29) is 24.2 Å². The lowest BCUT2D eigenvalue weighted by atomic mass is 9.96. The van der Waals surface area contributed by atoms with E-state index in [4.69, 9.17) is 21.7 Å². The van der Waals surface area contributed by atoms with E-state index in [9.17, 15) is 4.79 Å². The number of nitrogens with one attached hydrogen (secondary N) is 1. The number of carbonyl (C=O) groups is 1. The van der Waals surface area contributed by atoms with Crippen LogP contribution in [0.3, 0.4) is 0 Å². The van der Waals surface area contributed by atoms with Gasteiger partial charge in [0.15, 0.2) is 5.11 Å². The summed E-state index contributed by atoms with van der Waals surface area (Å²) in [4.78, 5) is 18.8. The van der Waals surface area contributed by atoms with Crippen LogP contribution in [0.1, 0.15) is 57.9 Å². The van der Waals surface area contributed by atoms with Crippen molar-refractivity contribution >= 4 is 23.3 Å². The Bertz CT molecular complexity index is 1220. The second-order valence-electron chi connectivity index (χ2n) is 9.11. The van der Waals surface area contributed by atoms with Gasteiger partial charge in [-0.15, -0.1) is 0 Å². The molecular formula is C27H30N4O3S. The summed E-state index contributed by atoms with van der Waals surface area (Å²) in [6, 6.07) is 15.6. The maximum atomic E-state index is 11.9. The molecule has 0 bridgehead atoms. The van der Waals surface area contributed by atoms with Crippen LogP contribution in [0.15, 0.2) is 54.7 Å². The Kier molecular flexibility index (Phi) is 6.58. The summed E-state index contributed by atoms with van der Waals surface area (Å²) < 4.78 is 13.0. The number of nitrogens with zero attached hydrogens (tertiary/aromatic N) is 3. The molecule has 7 nitrogen and oxygen atoms in total. The van der Waals surface area contributed by atoms with Gasteiger partial charge in [-0.25, -0.2) is 4.79 Å². The van der Waals surface area contributed by atoms with Gasteiger partial charge in [0.2, 0.25) is 0 Å². The molecular weight excluding hydrogens is 460 g/mol. The van der Waals surface area contributed by atoms with E-state index in [1.54, 1.807) is 12.1 Å². The number of carbonyl (C=O) groups excluding carboxylic acids is 1. The van der Waals surface area contributed by atoms with Gasteiger partial charge in [0.1, 0.15) is 0 Å². The van der Waals surface area contributed by atoms with E-state index in [1.165, 1.54) is 12.7 Å². The fourth-order valence-corrected chi connectivity index (χ4v) is 5.61. The van der Waals surface area contributed by atoms with Crippen LogP contribution in [-0.4, -0.2) is 51.9 Å². The fraction of sp³-hybridized carbons (Fsp3) is 0.370. The lowest BCUT2D eigenvalue weighted by Gasteiger charge is -2.30. The summed E-state index contributed by atoms with van der Waals surface area (Å²) >= 11 is 5.84. The van der Waals surface area contributed by atoms with Crippen LogP contribution >= 0.6 is 12.2 Å². The molecule has 0 saturated carbocycles. The van der Waals surface area contributed by atoms with Gasteiger partial charge in [-0.05, 0) is 86.9 Å². The number of aryl methyl sites for hydroxylation is 1. The van der Waals surface area contributed by atoms with E-state index in [0.717, 1.165) is 53.9 Å². The van der Waals surface area contributed by atoms with Crippen LogP contribution < -0.4 is 5.32 Å². The van der Waals surface area contributed by atoms with Gasteiger partial charge in [0.25, 0.3) is 0 Å². The number of ether oxygens (including phenoxy) is 2. The molecule has 2 saturated heterocycles. The van der Waals surface area contributed by atoms with Gasteiger partial charge in [-0.2, -0.15) is 0 Å². The first-order chi connectivity index (χ1) is 17.0. The molecule has 0 spiro atoms. The molecule has 2 aliphatic rings. The molecule has 3 atom stereocenters. The summed E-state index contributed by atoms with van der Waals surface area (Å²) in [5.74, 6) is -0.341. The summed E-state index contributed by atoms with van der Waals surface area (Å²) in [5.41, 5.74) is 5.92. The van der Waals surface area contributed by atoms with Crippen molar-refractivity contribution in [3.05, 3.63) is 82.9 Å². The molecule has 35 heavy (non-hydrogen) atoms. The molecule has 2 aliphatic heterocycles. The molecule has 2 fully saturated rings. The molecule has 1 N–H and O–H groups in total. The van der Waals surface area contributed by atoms with E-state index >= 15 is 0 Å². The maximum absolute atomic E-state index is 11.9. The van der Waals surface area contributed by atoms with Gasteiger partial charge in [0.05, 0.1) is 36.6 Å². The third kappa shape index (κ3) is 4.44.